The summed E-state index contributed by atoms with van der Waals surface area (Å²) in [6.07, 6.45) is 3.29. The highest BCUT2D eigenvalue weighted by Gasteiger charge is 2.19. The van der Waals surface area contributed by atoms with E-state index in [9.17, 15) is 0 Å². The van der Waals surface area contributed by atoms with Crippen LogP contribution in [0.4, 0.5) is 5.82 Å². The van der Waals surface area contributed by atoms with Crippen LogP contribution in [0.3, 0.4) is 0 Å². The lowest BCUT2D eigenvalue weighted by Crippen LogP contribution is -2.37. The summed E-state index contributed by atoms with van der Waals surface area (Å²) in [4.78, 5) is 10.2. The van der Waals surface area contributed by atoms with E-state index >= 15 is 0 Å². The van der Waals surface area contributed by atoms with Gasteiger partial charge in [-0.05, 0) is 27.9 Å². The lowest BCUT2D eigenvalue weighted by molar-refractivity contribution is 0.384. The SMILES string of the molecule is CN(CC(C)(C)CN)c1ncncc1Br. The Hall–Kier alpha value is -0.680. The molecule has 1 rings (SSSR count). The first-order valence-corrected chi connectivity index (χ1v) is 5.62. The number of halogens is 1. The van der Waals surface area contributed by atoms with E-state index < -0.39 is 0 Å². The van der Waals surface area contributed by atoms with E-state index in [4.69, 9.17) is 5.73 Å². The zero-order valence-corrected chi connectivity index (χ0v) is 11.0. The van der Waals surface area contributed by atoms with E-state index in [2.05, 4.69) is 44.6 Å². The van der Waals surface area contributed by atoms with Gasteiger partial charge >= 0.3 is 0 Å². The van der Waals surface area contributed by atoms with Crippen LogP contribution in [0.2, 0.25) is 0 Å². The predicted octanol–water partition coefficient (Wildman–Crippen LogP) is 1.66. The van der Waals surface area contributed by atoms with Gasteiger partial charge in [0.05, 0.1) is 4.47 Å². The first-order chi connectivity index (χ1) is 6.96. The molecule has 0 aromatic carbocycles. The Morgan fingerprint density at radius 3 is 2.73 bits per heavy atom. The minimum absolute atomic E-state index is 0.0825. The molecule has 0 aliphatic rings. The molecule has 0 spiro atoms. The molecule has 1 heterocycles. The molecule has 0 bridgehead atoms. The maximum Gasteiger partial charge on any atom is 0.146 e. The Kier molecular flexibility index (Phi) is 4.04. The minimum atomic E-state index is 0.0825. The van der Waals surface area contributed by atoms with Gasteiger partial charge in [0.25, 0.3) is 0 Å². The molecule has 0 fully saturated rings. The second-order valence-electron chi connectivity index (χ2n) is 4.42. The summed E-state index contributed by atoms with van der Waals surface area (Å²) >= 11 is 3.43. The van der Waals surface area contributed by atoms with Crippen molar-refractivity contribution in [2.24, 2.45) is 11.1 Å². The fourth-order valence-corrected chi connectivity index (χ4v) is 1.89. The van der Waals surface area contributed by atoms with Crippen LogP contribution in [-0.2, 0) is 0 Å². The van der Waals surface area contributed by atoms with E-state index in [0.717, 1.165) is 16.8 Å². The molecular formula is C10H17BrN4. The number of hydrogen-bond donors (Lipinski definition) is 1. The summed E-state index contributed by atoms with van der Waals surface area (Å²) in [7, 11) is 2.00. The second-order valence-corrected chi connectivity index (χ2v) is 5.27. The Bertz CT molecular complexity index is 327. The van der Waals surface area contributed by atoms with Gasteiger partial charge in [0, 0.05) is 19.8 Å². The normalized spacial score (nSPS) is 11.5. The lowest BCUT2D eigenvalue weighted by atomic mass is 9.93. The zero-order valence-electron chi connectivity index (χ0n) is 9.37. The number of hydrogen-bond acceptors (Lipinski definition) is 4. The third-order valence-electron chi connectivity index (χ3n) is 2.23. The molecule has 5 heteroatoms. The molecule has 2 N–H and O–H groups in total. The van der Waals surface area contributed by atoms with Crippen molar-refractivity contribution < 1.29 is 0 Å². The van der Waals surface area contributed by atoms with Gasteiger partial charge in [-0.15, -0.1) is 0 Å². The van der Waals surface area contributed by atoms with Crippen molar-refractivity contribution in [3.63, 3.8) is 0 Å². The Morgan fingerprint density at radius 1 is 1.53 bits per heavy atom. The summed E-state index contributed by atoms with van der Waals surface area (Å²) in [5.74, 6) is 0.895. The molecular weight excluding hydrogens is 256 g/mol. The molecule has 4 nitrogen and oxygen atoms in total. The van der Waals surface area contributed by atoms with Crippen LogP contribution in [0, 0.1) is 5.41 Å². The summed E-state index contributed by atoms with van der Waals surface area (Å²) in [5, 5.41) is 0. The highest BCUT2D eigenvalue weighted by atomic mass is 79.9. The minimum Gasteiger partial charge on any atom is -0.358 e. The van der Waals surface area contributed by atoms with Gasteiger partial charge in [-0.25, -0.2) is 9.97 Å². The zero-order chi connectivity index (χ0) is 11.5. The average Bonchev–Trinajstić information content (AvgIpc) is 2.17. The maximum atomic E-state index is 5.70. The molecule has 0 aliphatic carbocycles. The van der Waals surface area contributed by atoms with E-state index in [1.165, 1.54) is 0 Å². The number of anilines is 1. The van der Waals surface area contributed by atoms with E-state index in [1.807, 2.05) is 7.05 Å². The van der Waals surface area contributed by atoms with Crippen molar-refractivity contribution in [2.75, 3.05) is 25.0 Å². The van der Waals surface area contributed by atoms with Crippen LogP contribution in [0.5, 0.6) is 0 Å². The number of aromatic nitrogens is 2. The van der Waals surface area contributed by atoms with Gasteiger partial charge in [0.2, 0.25) is 0 Å². The molecule has 0 atom stereocenters. The molecule has 0 amide bonds. The van der Waals surface area contributed by atoms with Crippen molar-refractivity contribution in [1.29, 1.82) is 0 Å². The van der Waals surface area contributed by atoms with E-state index in [0.29, 0.717) is 6.54 Å². The first kappa shape index (κ1) is 12.4. The average molecular weight is 273 g/mol. The Labute approximate surface area is 99.0 Å². The van der Waals surface area contributed by atoms with Gasteiger partial charge in [0.1, 0.15) is 12.1 Å². The predicted molar refractivity (Wildman–Crippen MR) is 65.8 cm³/mol. The van der Waals surface area contributed by atoms with Crippen molar-refractivity contribution in [3.8, 4) is 0 Å². The summed E-state index contributed by atoms with van der Waals surface area (Å²) in [6.45, 7) is 5.79. The van der Waals surface area contributed by atoms with Crippen LogP contribution in [0.25, 0.3) is 0 Å². The molecule has 0 saturated carbocycles. The topological polar surface area (TPSA) is 55.0 Å². The molecule has 0 aliphatic heterocycles. The Balaban J connectivity index is 2.78. The summed E-state index contributed by atoms with van der Waals surface area (Å²) < 4.78 is 0.903. The van der Waals surface area contributed by atoms with Crippen LogP contribution < -0.4 is 10.6 Å². The van der Waals surface area contributed by atoms with Crippen LogP contribution >= 0.6 is 15.9 Å². The molecule has 0 saturated heterocycles. The van der Waals surface area contributed by atoms with Crippen LogP contribution in [0.1, 0.15) is 13.8 Å². The fourth-order valence-electron chi connectivity index (χ4n) is 1.37. The quantitative estimate of drug-likeness (QED) is 0.906. The van der Waals surface area contributed by atoms with Crippen molar-refractivity contribution in [2.45, 2.75) is 13.8 Å². The van der Waals surface area contributed by atoms with Gasteiger partial charge in [-0.1, -0.05) is 13.8 Å². The maximum absolute atomic E-state index is 5.70. The van der Waals surface area contributed by atoms with Gasteiger partial charge in [-0.2, -0.15) is 0 Å². The second kappa shape index (κ2) is 4.90. The van der Waals surface area contributed by atoms with Crippen molar-refractivity contribution >= 4 is 21.7 Å². The smallest absolute Gasteiger partial charge is 0.146 e. The third kappa shape index (κ3) is 3.43. The summed E-state index contributed by atoms with van der Waals surface area (Å²) in [5.41, 5.74) is 5.78. The number of rotatable bonds is 4. The molecule has 84 valence electrons. The van der Waals surface area contributed by atoms with Gasteiger partial charge in [-0.3, -0.25) is 0 Å². The molecule has 0 radical (unpaired) electrons. The first-order valence-electron chi connectivity index (χ1n) is 4.83. The molecule has 15 heavy (non-hydrogen) atoms. The van der Waals surface area contributed by atoms with Gasteiger partial charge in [0.15, 0.2) is 0 Å². The van der Waals surface area contributed by atoms with Crippen molar-refractivity contribution in [1.82, 2.24) is 9.97 Å². The van der Waals surface area contributed by atoms with E-state index in [1.54, 1.807) is 12.5 Å². The largest absolute Gasteiger partial charge is 0.358 e. The van der Waals surface area contributed by atoms with Crippen LogP contribution in [-0.4, -0.2) is 30.1 Å². The van der Waals surface area contributed by atoms with Crippen LogP contribution in [0.15, 0.2) is 17.0 Å². The fraction of sp³-hybridized carbons (Fsp3) is 0.600. The molecule has 1 aromatic rings. The molecule has 1 aromatic heterocycles. The number of nitrogens with two attached hydrogens (primary N) is 1. The lowest BCUT2D eigenvalue weighted by Gasteiger charge is -2.30. The highest BCUT2D eigenvalue weighted by molar-refractivity contribution is 9.10. The highest BCUT2D eigenvalue weighted by Crippen LogP contribution is 2.24. The van der Waals surface area contributed by atoms with Crippen molar-refractivity contribution in [3.05, 3.63) is 17.0 Å². The van der Waals surface area contributed by atoms with E-state index in [-0.39, 0.29) is 5.41 Å². The third-order valence-corrected chi connectivity index (χ3v) is 2.79. The number of nitrogens with zero attached hydrogens (tertiary/aromatic N) is 3. The molecule has 0 unspecified atom stereocenters. The monoisotopic (exact) mass is 272 g/mol. The standard InChI is InChI=1S/C10H17BrN4/c1-10(2,5-12)6-15(3)9-8(11)4-13-7-14-9/h4,7H,5-6,12H2,1-3H3. The van der Waals surface area contributed by atoms with Gasteiger partial charge < -0.3 is 10.6 Å². The Morgan fingerprint density at radius 2 is 2.20 bits per heavy atom. The summed E-state index contributed by atoms with van der Waals surface area (Å²) in [6, 6.07) is 0.